The van der Waals surface area contributed by atoms with E-state index in [1.807, 2.05) is 18.2 Å². The Hall–Kier alpha value is -1.22. The van der Waals surface area contributed by atoms with Gasteiger partial charge in [-0.2, -0.15) is 0 Å². The van der Waals surface area contributed by atoms with Gasteiger partial charge in [-0.05, 0) is 18.6 Å². The highest BCUT2D eigenvalue weighted by atomic mass is 16.6. The normalized spacial score (nSPS) is 20.3. The second kappa shape index (κ2) is 3.26. The lowest BCUT2D eigenvalue weighted by Gasteiger charge is -2.23. The summed E-state index contributed by atoms with van der Waals surface area (Å²) >= 11 is 0. The smallest absolute Gasteiger partial charge is 0.197 e. The summed E-state index contributed by atoms with van der Waals surface area (Å²) in [5.41, 5.74) is 1.05. The summed E-state index contributed by atoms with van der Waals surface area (Å²) in [6.45, 7) is 0. The third-order valence-electron chi connectivity index (χ3n) is 2.21. The highest BCUT2D eigenvalue weighted by molar-refractivity contribution is 5.45. The van der Waals surface area contributed by atoms with Gasteiger partial charge in [-0.1, -0.05) is 6.07 Å². The van der Waals surface area contributed by atoms with Crippen LogP contribution in [0.25, 0.3) is 0 Å². The van der Waals surface area contributed by atoms with Crippen molar-refractivity contribution in [3.63, 3.8) is 0 Å². The van der Waals surface area contributed by atoms with Crippen molar-refractivity contribution >= 4 is 0 Å². The molecule has 1 aromatic carbocycles. The summed E-state index contributed by atoms with van der Waals surface area (Å²) in [5.74, 6) is 1.57. The predicted molar refractivity (Wildman–Crippen MR) is 47.9 cm³/mol. The molecule has 1 N–H and O–H groups in total. The summed E-state index contributed by atoms with van der Waals surface area (Å²) in [7, 11) is 1.64. The lowest BCUT2D eigenvalue weighted by molar-refractivity contribution is -0.0319. The third-order valence-corrected chi connectivity index (χ3v) is 2.21. The molecule has 1 heterocycles. The molecule has 1 aliphatic heterocycles. The zero-order valence-electron chi connectivity index (χ0n) is 7.49. The second-order valence-corrected chi connectivity index (χ2v) is 3.05. The zero-order chi connectivity index (χ0) is 9.26. The number of benzene rings is 1. The van der Waals surface area contributed by atoms with Crippen molar-refractivity contribution < 1.29 is 14.6 Å². The molecule has 0 aromatic heterocycles. The molecule has 0 spiro atoms. The standard InChI is InChI=1S/C10H12O3/c1-12-8-3-2-4-9-7(8)5-6-10(11)13-9/h2-4,10-11H,5-6H2,1H3. The number of aliphatic hydroxyl groups is 1. The first-order chi connectivity index (χ1) is 6.31. The zero-order valence-corrected chi connectivity index (χ0v) is 7.49. The maximum absolute atomic E-state index is 9.26. The molecule has 0 bridgehead atoms. The molecular formula is C10H12O3. The maximum Gasteiger partial charge on any atom is 0.197 e. The molecule has 0 amide bonds. The van der Waals surface area contributed by atoms with Crippen molar-refractivity contribution in [2.75, 3.05) is 7.11 Å². The molecule has 70 valence electrons. The first kappa shape index (κ1) is 8.38. The van der Waals surface area contributed by atoms with Crippen LogP contribution in [-0.2, 0) is 6.42 Å². The van der Waals surface area contributed by atoms with Crippen LogP contribution in [0, 0.1) is 0 Å². The highest BCUT2D eigenvalue weighted by Crippen LogP contribution is 2.33. The first-order valence-corrected chi connectivity index (χ1v) is 4.32. The van der Waals surface area contributed by atoms with E-state index in [4.69, 9.17) is 9.47 Å². The molecule has 3 heteroatoms. The van der Waals surface area contributed by atoms with Crippen LogP contribution in [0.2, 0.25) is 0 Å². The molecule has 1 atom stereocenters. The summed E-state index contributed by atoms with van der Waals surface area (Å²) in [5, 5.41) is 9.26. The summed E-state index contributed by atoms with van der Waals surface area (Å²) in [6.07, 6.45) is 0.771. The van der Waals surface area contributed by atoms with E-state index in [1.165, 1.54) is 0 Å². The minimum absolute atomic E-state index is 0.632. The average molecular weight is 180 g/mol. The summed E-state index contributed by atoms with van der Waals surface area (Å²) in [4.78, 5) is 0. The quantitative estimate of drug-likeness (QED) is 0.708. The number of aliphatic hydroxyl groups excluding tert-OH is 1. The molecule has 0 fully saturated rings. The summed E-state index contributed by atoms with van der Waals surface area (Å²) in [6, 6.07) is 5.61. The van der Waals surface area contributed by atoms with Crippen LogP contribution in [0.4, 0.5) is 0 Å². The van der Waals surface area contributed by atoms with Gasteiger partial charge in [0, 0.05) is 12.0 Å². The van der Waals surface area contributed by atoms with E-state index in [2.05, 4.69) is 0 Å². The van der Waals surface area contributed by atoms with Gasteiger partial charge in [0.25, 0.3) is 0 Å². The third kappa shape index (κ3) is 1.47. The van der Waals surface area contributed by atoms with Gasteiger partial charge < -0.3 is 14.6 Å². The number of hydrogen-bond donors (Lipinski definition) is 1. The second-order valence-electron chi connectivity index (χ2n) is 3.05. The Morgan fingerprint density at radius 3 is 3.15 bits per heavy atom. The van der Waals surface area contributed by atoms with E-state index >= 15 is 0 Å². The Labute approximate surface area is 76.9 Å². The van der Waals surface area contributed by atoms with Crippen LogP contribution >= 0.6 is 0 Å². The lowest BCUT2D eigenvalue weighted by atomic mass is 10.0. The predicted octanol–water partition coefficient (Wildman–Crippen LogP) is 1.34. The van der Waals surface area contributed by atoms with E-state index in [0.29, 0.717) is 6.42 Å². The fraction of sp³-hybridized carbons (Fsp3) is 0.400. The lowest BCUT2D eigenvalue weighted by Crippen LogP contribution is -2.21. The van der Waals surface area contributed by atoms with Crippen molar-refractivity contribution in [2.24, 2.45) is 0 Å². The van der Waals surface area contributed by atoms with E-state index in [0.717, 1.165) is 23.5 Å². The van der Waals surface area contributed by atoms with Gasteiger partial charge in [-0.3, -0.25) is 0 Å². The van der Waals surface area contributed by atoms with Gasteiger partial charge >= 0.3 is 0 Å². The Morgan fingerprint density at radius 1 is 1.54 bits per heavy atom. The average Bonchev–Trinajstić information content (AvgIpc) is 2.16. The van der Waals surface area contributed by atoms with E-state index in [1.54, 1.807) is 7.11 Å². The topological polar surface area (TPSA) is 38.7 Å². The summed E-state index contributed by atoms with van der Waals surface area (Å²) < 4.78 is 10.4. The number of ether oxygens (including phenoxy) is 2. The number of rotatable bonds is 1. The van der Waals surface area contributed by atoms with Crippen LogP contribution in [0.1, 0.15) is 12.0 Å². The molecule has 1 aliphatic rings. The van der Waals surface area contributed by atoms with Gasteiger partial charge in [0.05, 0.1) is 7.11 Å². The van der Waals surface area contributed by atoms with E-state index in [9.17, 15) is 5.11 Å². The molecule has 0 radical (unpaired) electrons. The Kier molecular flexibility index (Phi) is 2.10. The van der Waals surface area contributed by atoms with Crippen molar-refractivity contribution in [2.45, 2.75) is 19.1 Å². The highest BCUT2D eigenvalue weighted by Gasteiger charge is 2.19. The Balaban J connectivity index is 2.39. The minimum atomic E-state index is -0.667. The van der Waals surface area contributed by atoms with Crippen molar-refractivity contribution in [1.82, 2.24) is 0 Å². The molecule has 0 saturated carbocycles. The van der Waals surface area contributed by atoms with Crippen molar-refractivity contribution in [1.29, 1.82) is 0 Å². The SMILES string of the molecule is COc1cccc2c1CCC(O)O2. The first-order valence-electron chi connectivity index (χ1n) is 4.32. The van der Waals surface area contributed by atoms with E-state index < -0.39 is 6.29 Å². The Bertz CT molecular complexity index is 309. The molecule has 0 aliphatic carbocycles. The van der Waals surface area contributed by atoms with Crippen molar-refractivity contribution in [3.8, 4) is 11.5 Å². The minimum Gasteiger partial charge on any atom is -0.496 e. The van der Waals surface area contributed by atoms with E-state index in [-0.39, 0.29) is 0 Å². The number of hydrogen-bond acceptors (Lipinski definition) is 3. The fourth-order valence-corrected chi connectivity index (χ4v) is 1.57. The molecule has 3 nitrogen and oxygen atoms in total. The fourth-order valence-electron chi connectivity index (χ4n) is 1.57. The Morgan fingerprint density at radius 2 is 2.38 bits per heavy atom. The van der Waals surface area contributed by atoms with Crippen molar-refractivity contribution in [3.05, 3.63) is 23.8 Å². The maximum atomic E-state index is 9.26. The monoisotopic (exact) mass is 180 g/mol. The molecule has 0 saturated heterocycles. The molecule has 1 aromatic rings. The van der Waals surface area contributed by atoms with Crippen LogP contribution in [0.3, 0.4) is 0 Å². The van der Waals surface area contributed by atoms with Gasteiger partial charge in [0.1, 0.15) is 11.5 Å². The largest absolute Gasteiger partial charge is 0.496 e. The molecular weight excluding hydrogens is 168 g/mol. The molecule has 13 heavy (non-hydrogen) atoms. The van der Waals surface area contributed by atoms with Crippen LogP contribution in [0.5, 0.6) is 11.5 Å². The van der Waals surface area contributed by atoms with Gasteiger partial charge in [0.2, 0.25) is 0 Å². The van der Waals surface area contributed by atoms with Gasteiger partial charge in [0.15, 0.2) is 6.29 Å². The molecule has 1 unspecified atom stereocenters. The van der Waals surface area contributed by atoms with Crippen LogP contribution in [0.15, 0.2) is 18.2 Å². The van der Waals surface area contributed by atoms with Crippen LogP contribution in [-0.4, -0.2) is 18.5 Å². The van der Waals surface area contributed by atoms with Crippen LogP contribution < -0.4 is 9.47 Å². The number of fused-ring (bicyclic) bond motifs is 1. The van der Waals surface area contributed by atoms with Gasteiger partial charge in [-0.15, -0.1) is 0 Å². The number of methoxy groups -OCH3 is 1. The van der Waals surface area contributed by atoms with Gasteiger partial charge in [-0.25, -0.2) is 0 Å². The molecule has 2 rings (SSSR count).